The lowest BCUT2D eigenvalue weighted by Crippen LogP contribution is -2.20. The highest BCUT2D eigenvalue weighted by molar-refractivity contribution is 5.83. The number of rotatable bonds is 6. The fourth-order valence-electron chi connectivity index (χ4n) is 3.52. The number of halogens is 1. The molecule has 166 valence electrons. The molecule has 2 aromatic carbocycles. The lowest BCUT2D eigenvalue weighted by atomic mass is 9.97. The summed E-state index contributed by atoms with van der Waals surface area (Å²) in [6.45, 7) is 8.05. The molecule has 0 saturated carbocycles. The van der Waals surface area contributed by atoms with Crippen LogP contribution in [0.15, 0.2) is 54.7 Å². The standard InChI is InChI=1S/C25H29FN6/c1-25(2,3)16-28-24-27-13-12-22(30-24)32-21-11-6-17(15-31(4)5)14-20(21)29-23(32)18-7-9-19(26)10-8-18/h6-14H,15-16H2,1-5H3,(H,27,28,30). The maximum absolute atomic E-state index is 13.6. The van der Waals surface area contributed by atoms with Crippen molar-refractivity contribution in [3.8, 4) is 17.2 Å². The van der Waals surface area contributed by atoms with Gasteiger partial charge in [-0.25, -0.2) is 14.4 Å². The number of hydrogen-bond acceptors (Lipinski definition) is 5. The van der Waals surface area contributed by atoms with Crippen LogP contribution in [0.1, 0.15) is 26.3 Å². The number of fused-ring (bicyclic) bond motifs is 1. The van der Waals surface area contributed by atoms with Crippen LogP contribution < -0.4 is 5.32 Å². The Morgan fingerprint density at radius 2 is 1.75 bits per heavy atom. The molecule has 0 spiro atoms. The molecule has 0 amide bonds. The number of nitrogens with one attached hydrogen (secondary N) is 1. The predicted octanol–water partition coefficient (Wildman–Crippen LogP) is 5.14. The van der Waals surface area contributed by atoms with Crippen molar-refractivity contribution in [2.45, 2.75) is 27.3 Å². The van der Waals surface area contributed by atoms with Crippen molar-refractivity contribution in [1.82, 2.24) is 24.4 Å². The van der Waals surface area contributed by atoms with Crippen LogP contribution in [0.25, 0.3) is 28.2 Å². The van der Waals surface area contributed by atoms with Gasteiger partial charge >= 0.3 is 0 Å². The minimum absolute atomic E-state index is 0.100. The quantitative estimate of drug-likeness (QED) is 0.457. The minimum Gasteiger partial charge on any atom is -0.354 e. The monoisotopic (exact) mass is 432 g/mol. The Bertz CT molecular complexity index is 1220. The highest BCUT2D eigenvalue weighted by atomic mass is 19.1. The summed E-state index contributed by atoms with van der Waals surface area (Å²) in [6, 6.07) is 14.5. The Morgan fingerprint density at radius 3 is 2.44 bits per heavy atom. The van der Waals surface area contributed by atoms with Crippen LogP contribution in [0.3, 0.4) is 0 Å². The number of imidazole rings is 1. The summed E-state index contributed by atoms with van der Waals surface area (Å²) in [7, 11) is 4.08. The summed E-state index contributed by atoms with van der Waals surface area (Å²) >= 11 is 0. The van der Waals surface area contributed by atoms with E-state index in [0.29, 0.717) is 17.6 Å². The summed E-state index contributed by atoms with van der Waals surface area (Å²) in [4.78, 5) is 16.2. The first-order valence-electron chi connectivity index (χ1n) is 10.7. The van der Waals surface area contributed by atoms with E-state index in [1.807, 2.05) is 24.7 Å². The molecule has 6 nitrogen and oxygen atoms in total. The van der Waals surface area contributed by atoms with Gasteiger partial charge in [-0.3, -0.25) is 4.57 Å². The molecule has 1 N–H and O–H groups in total. The van der Waals surface area contributed by atoms with Crippen LogP contribution in [-0.4, -0.2) is 45.1 Å². The fourth-order valence-corrected chi connectivity index (χ4v) is 3.52. The van der Waals surface area contributed by atoms with E-state index in [0.717, 1.165) is 29.7 Å². The number of aromatic nitrogens is 4. The maximum atomic E-state index is 13.6. The fraction of sp³-hybridized carbons (Fsp3) is 0.320. The molecule has 4 rings (SSSR count). The zero-order valence-corrected chi connectivity index (χ0v) is 19.2. The number of anilines is 1. The molecular formula is C25H29FN6. The summed E-state index contributed by atoms with van der Waals surface area (Å²) < 4.78 is 15.6. The molecule has 0 radical (unpaired) electrons. The molecule has 0 aliphatic carbocycles. The van der Waals surface area contributed by atoms with Crippen LogP contribution in [0.5, 0.6) is 0 Å². The average molecular weight is 433 g/mol. The predicted molar refractivity (Wildman–Crippen MR) is 127 cm³/mol. The first kappa shape index (κ1) is 21.9. The molecule has 0 unspecified atom stereocenters. The van der Waals surface area contributed by atoms with Crippen molar-refractivity contribution in [3.05, 3.63) is 66.1 Å². The van der Waals surface area contributed by atoms with E-state index in [2.05, 4.69) is 54.2 Å². The molecule has 2 heterocycles. The SMILES string of the molecule is CN(C)Cc1ccc2c(c1)nc(-c1ccc(F)cc1)n2-c1ccnc(NCC(C)(C)C)n1. The molecular weight excluding hydrogens is 403 g/mol. The van der Waals surface area contributed by atoms with Gasteiger partial charge in [0.25, 0.3) is 0 Å². The molecule has 0 saturated heterocycles. The highest BCUT2D eigenvalue weighted by Gasteiger charge is 2.17. The van der Waals surface area contributed by atoms with Crippen LogP contribution in [0.2, 0.25) is 0 Å². The van der Waals surface area contributed by atoms with Crippen molar-refractivity contribution in [2.75, 3.05) is 26.0 Å². The van der Waals surface area contributed by atoms with Gasteiger partial charge in [-0.15, -0.1) is 0 Å². The highest BCUT2D eigenvalue weighted by Crippen LogP contribution is 2.29. The maximum Gasteiger partial charge on any atom is 0.224 e. The Hall–Kier alpha value is -3.32. The second kappa shape index (κ2) is 8.67. The van der Waals surface area contributed by atoms with Gasteiger partial charge in [-0.05, 0) is 67.5 Å². The lowest BCUT2D eigenvalue weighted by Gasteiger charge is -2.19. The molecule has 0 bridgehead atoms. The average Bonchev–Trinajstić information content (AvgIpc) is 3.11. The van der Waals surface area contributed by atoms with Gasteiger partial charge < -0.3 is 10.2 Å². The summed E-state index contributed by atoms with van der Waals surface area (Å²) in [6.07, 6.45) is 1.74. The second-order valence-corrected chi connectivity index (χ2v) is 9.49. The molecule has 32 heavy (non-hydrogen) atoms. The van der Waals surface area contributed by atoms with E-state index >= 15 is 0 Å². The lowest BCUT2D eigenvalue weighted by molar-refractivity contribution is 0.402. The summed E-state index contributed by atoms with van der Waals surface area (Å²) in [5.74, 6) is 1.70. The third kappa shape index (κ3) is 4.94. The van der Waals surface area contributed by atoms with E-state index in [9.17, 15) is 4.39 Å². The zero-order chi connectivity index (χ0) is 22.9. The Labute approximate surface area is 188 Å². The van der Waals surface area contributed by atoms with Gasteiger partial charge in [0.2, 0.25) is 5.95 Å². The van der Waals surface area contributed by atoms with Crippen LogP contribution in [-0.2, 0) is 6.54 Å². The van der Waals surface area contributed by atoms with Crippen LogP contribution >= 0.6 is 0 Å². The van der Waals surface area contributed by atoms with E-state index < -0.39 is 0 Å². The van der Waals surface area contributed by atoms with Gasteiger partial charge in [0, 0.05) is 24.8 Å². The van der Waals surface area contributed by atoms with E-state index in [1.165, 1.54) is 17.7 Å². The van der Waals surface area contributed by atoms with Gasteiger partial charge in [-0.1, -0.05) is 26.8 Å². The third-order valence-corrected chi connectivity index (χ3v) is 4.97. The first-order valence-corrected chi connectivity index (χ1v) is 10.7. The van der Waals surface area contributed by atoms with Gasteiger partial charge in [-0.2, -0.15) is 4.98 Å². The van der Waals surface area contributed by atoms with Crippen molar-refractivity contribution >= 4 is 17.0 Å². The molecule has 2 aromatic heterocycles. The van der Waals surface area contributed by atoms with Crippen molar-refractivity contribution < 1.29 is 4.39 Å². The second-order valence-electron chi connectivity index (χ2n) is 9.49. The van der Waals surface area contributed by atoms with E-state index in [4.69, 9.17) is 9.97 Å². The van der Waals surface area contributed by atoms with Gasteiger partial charge in [0.15, 0.2) is 0 Å². The zero-order valence-electron chi connectivity index (χ0n) is 19.2. The van der Waals surface area contributed by atoms with Gasteiger partial charge in [0.1, 0.15) is 17.5 Å². The minimum atomic E-state index is -0.277. The Kier molecular flexibility index (Phi) is 5.93. The molecule has 0 atom stereocenters. The summed E-state index contributed by atoms with van der Waals surface area (Å²) in [5, 5.41) is 3.32. The van der Waals surface area contributed by atoms with Crippen LogP contribution in [0.4, 0.5) is 10.3 Å². The number of benzene rings is 2. The van der Waals surface area contributed by atoms with E-state index in [-0.39, 0.29) is 11.2 Å². The smallest absolute Gasteiger partial charge is 0.224 e. The molecule has 4 aromatic rings. The molecule has 0 aliphatic heterocycles. The largest absolute Gasteiger partial charge is 0.354 e. The van der Waals surface area contributed by atoms with Crippen LogP contribution in [0, 0.1) is 11.2 Å². The van der Waals surface area contributed by atoms with E-state index in [1.54, 1.807) is 18.3 Å². The normalized spacial score (nSPS) is 12.0. The molecule has 0 aliphatic rings. The van der Waals surface area contributed by atoms with Crippen molar-refractivity contribution in [1.29, 1.82) is 0 Å². The summed E-state index contributed by atoms with van der Waals surface area (Å²) in [5.41, 5.74) is 3.90. The first-order chi connectivity index (χ1) is 15.2. The molecule has 0 fully saturated rings. The topological polar surface area (TPSA) is 58.9 Å². The van der Waals surface area contributed by atoms with Crippen molar-refractivity contribution in [2.24, 2.45) is 5.41 Å². The third-order valence-electron chi connectivity index (χ3n) is 4.97. The van der Waals surface area contributed by atoms with Crippen molar-refractivity contribution in [3.63, 3.8) is 0 Å². The molecule has 7 heteroatoms. The Morgan fingerprint density at radius 1 is 1.00 bits per heavy atom. The Balaban J connectivity index is 1.85. The number of nitrogens with zero attached hydrogens (tertiary/aromatic N) is 5. The van der Waals surface area contributed by atoms with Gasteiger partial charge in [0.05, 0.1) is 11.0 Å². The number of hydrogen-bond donors (Lipinski definition) is 1.